The highest BCUT2D eigenvalue weighted by Crippen LogP contribution is 2.28. The smallest absolute Gasteiger partial charge is 0.297 e. The van der Waals surface area contributed by atoms with Crippen LogP contribution in [-0.4, -0.2) is 7.11 Å². The van der Waals surface area contributed by atoms with Gasteiger partial charge in [0.2, 0.25) is 0 Å². The van der Waals surface area contributed by atoms with Crippen molar-refractivity contribution in [3.05, 3.63) is 23.4 Å². The van der Waals surface area contributed by atoms with Crippen LogP contribution >= 0.6 is 23.1 Å². The maximum atomic E-state index is 6.19. The molecule has 2 aromatic rings. The van der Waals surface area contributed by atoms with Crippen LogP contribution in [-0.2, 0) is 6.54 Å². The fourth-order valence-electron chi connectivity index (χ4n) is 1.37. The Morgan fingerprint density at radius 1 is 1.47 bits per heavy atom. The van der Waals surface area contributed by atoms with Gasteiger partial charge < -0.3 is 17.1 Å². The summed E-state index contributed by atoms with van der Waals surface area (Å²) in [6.45, 7) is 2.99. The molecule has 0 spiro atoms. The molecule has 1 aromatic heterocycles. The summed E-state index contributed by atoms with van der Waals surface area (Å²) in [5.74, 6) is 0.874. The van der Waals surface area contributed by atoms with E-state index in [0.29, 0.717) is 0 Å². The van der Waals surface area contributed by atoms with E-state index in [2.05, 4.69) is 10.9 Å². The van der Waals surface area contributed by atoms with E-state index in [-0.39, 0.29) is 12.4 Å². The Labute approximate surface area is 104 Å². The van der Waals surface area contributed by atoms with Gasteiger partial charge in [-0.15, -0.1) is 3.96 Å². The van der Waals surface area contributed by atoms with E-state index in [1.165, 1.54) is 0 Å². The monoisotopic (exact) mass is 263 g/mol. The van der Waals surface area contributed by atoms with Gasteiger partial charge in [-0.2, -0.15) is 0 Å². The van der Waals surface area contributed by atoms with Gasteiger partial charge in [0.25, 0.3) is 5.15 Å². The summed E-state index contributed by atoms with van der Waals surface area (Å²) >= 11 is 7.84. The molecular weight excluding hydrogens is 253 g/mol. The van der Waals surface area contributed by atoms with E-state index in [9.17, 15) is 0 Å². The van der Waals surface area contributed by atoms with E-state index < -0.39 is 0 Å². The highest BCUT2D eigenvalue weighted by atomic mass is 35.5. The molecule has 0 atom stereocenters. The molecule has 2 rings (SSSR count). The Kier molecular flexibility index (Phi) is 4.20. The normalized spacial score (nSPS) is 10.1. The van der Waals surface area contributed by atoms with Crippen molar-refractivity contribution in [1.82, 2.24) is 0 Å². The van der Waals surface area contributed by atoms with Crippen molar-refractivity contribution in [3.63, 3.8) is 0 Å². The Hall–Kier alpha value is -0.510. The summed E-state index contributed by atoms with van der Waals surface area (Å²) in [4.78, 5) is 0. The molecule has 0 saturated carbocycles. The highest BCUT2D eigenvalue weighted by Gasteiger charge is 2.17. The van der Waals surface area contributed by atoms with Crippen LogP contribution in [0.15, 0.2) is 18.2 Å². The van der Waals surface area contributed by atoms with E-state index in [1.54, 1.807) is 18.6 Å². The van der Waals surface area contributed by atoms with Gasteiger partial charge in [-0.1, -0.05) is 0 Å². The second kappa shape index (κ2) is 5.01. The van der Waals surface area contributed by atoms with Crippen molar-refractivity contribution >= 4 is 33.2 Å². The van der Waals surface area contributed by atoms with Crippen molar-refractivity contribution < 1.29 is 21.1 Å². The van der Waals surface area contributed by atoms with Crippen molar-refractivity contribution in [1.29, 1.82) is 0 Å². The molecule has 5 heteroatoms. The van der Waals surface area contributed by atoms with Gasteiger partial charge in [-0.05, 0) is 30.7 Å². The molecule has 15 heavy (non-hydrogen) atoms. The molecule has 0 unspecified atom stereocenters. The molecule has 0 N–H and O–H groups in total. The van der Waals surface area contributed by atoms with E-state index >= 15 is 0 Å². The summed E-state index contributed by atoms with van der Waals surface area (Å²) in [7, 11) is 1.67. The molecule has 1 heterocycles. The van der Waals surface area contributed by atoms with Crippen LogP contribution in [0.4, 0.5) is 0 Å². The predicted molar refractivity (Wildman–Crippen MR) is 59.3 cm³/mol. The zero-order valence-corrected chi connectivity index (χ0v) is 10.8. The molecule has 0 aliphatic carbocycles. The summed E-state index contributed by atoms with van der Waals surface area (Å²) in [6.07, 6.45) is 0. The predicted octanol–water partition coefficient (Wildman–Crippen LogP) is -0.125. The topological polar surface area (TPSA) is 13.1 Å². The molecule has 2 nitrogen and oxygen atoms in total. The van der Waals surface area contributed by atoms with Gasteiger partial charge in [0, 0.05) is 6.07 Å². The Balaban J connectivity index is 0.00000112. The van der Waals surface area contributed by atoms with Crippen molar-refractivity contribution in [2.24, 2.45) is 0 Å². The number of aromatic nitrogens is 1. The van der Waals surface area contributed by atoms with Gasteiger partial charge in [0.15, 0.2) is 6.54 Å². The lowest BCUT2D eigenvalue weighted by atomic mass is 10.3. The van der Waals surface area contributed by atoms with Crippen molar-refractivity contribution in [3.8, 4) is 5.75 Å². The molecule has 0 fully saturated rings. The Bertz CT molecular complexity index is 470. The standard InChI is InChI=1S/C10H11ClNOS.ClH/c1-3-12-10(11)8-5-4-7(13-2)6-9(8)14-12;/h4-6H,3H2,1-2H3;1H/q+1;/p-1. The third kappa shape index (κ3) is 2.19. The summed E-state index contributed by atoms with van der Waals surface area (Å²) < 4.78 is 8.38. The lowest BCUT2D eigenvalue weighted by Crippen LogP contribution is -3.00. The number of ether oxygens (including phenoxy) is 1. The maximum absolute atomic E-state index is 6.19. The van der Waals surface area contributed by atoms with E-state index in [1.807, 2.05) is 18.2 Å². The number of methoxy groups -OCH3 is 1. The lowest BCUT2D eigenvalue weighted by molar-refractivity contribution is -0.621. The van der Waals surface area contributed by atoms with Crippen LogP contribution in [0.25, 0.3) is 10.1 Å². The van der Waals surface area contributed by atoms with Gasteiger partial charge in [-0.3, -0.25) is 0 Å². The number of rotatable bonds is 2. The minimum absolute atomic E-state index is 0. The third-order valence-electron chi connectivity index (χ3n) is 2.13. The average molecular weight is 264 g/mol. The van der Waals surface area contributed by atoms with Crippen molar-refractivity contribution in [2.75, 3.05) is 7.11 Å². The first-order valence-corrected chi connectivity index (χ1v) is 5.57. The van der Waals surface area contributed by atoms with Crippen LogP contribution < -0.4 is 21.1 Å². The number of aryl methyl sites for hydroxylation is 1. The summed E-state index contributed by atoms with van der Waals surface area (Å²) in [6, 6.07) is 5.94. The molecule has 0 radical (unpaired) electrons. The van der Waals surface area contributed by atoms with Gasteiger partial charge in [0.05, 0.1) is 12.5 Å². The van der Waals surface area contributed by atoms with Crippen LogP contribution in [0.1, 0.15) is 6.92 Å². The largest absolute Gasteiger partial charge is 1.00 e. The van der Waals surface area contributed by atoms with Crippen LogP contribution in [0, 0.1) is 0 Å². The average Bonchev–Trinajstić information content (AvgIpc) is 2.55. The first kappa shape index (κ1) is 12.6. The number of benzene rings is 1. The first-order chi connectivity index (χ1) is 6.76. The fraction of sp³-hybridized carbons (Fsp3) is 0.300. The minimum atomic E-state index is 0. The zero-order chi connectivity index (χ0) is 10.1. The minimum Gasteiger partial charge on any atom is -1.00 e. The molecule has 0 saturated heterocycles. The Morgan fingerprint density at radius 3 is 2.80 bits per heavy atom. The molecule has 0 bridgehead atoms. The number of halogens is 2. The molecule has 0 amide bonds. The fourth-order valence-corrected chi connectivity index (χ4v) is 2.79. The summed E-state index contributed by atoms with van der Waals surface area (Å²) in [5, 5.41) is 1.91. The van der Waals surface area contributed by atoms with Crippen LogP contribution in [0.5, 0.6) is 5.75 Å². The lowest BCUT2D eigenvalue weighted by Gasteiger charge is -1.95. The molecular formula is C10H11Cl2NOS. The van der Waals surface area contributed by atoms with Gasteiger partial charge >= 0.3 is 0 Å². The van der Waals surface area contributed by atoms with Gasteiger partial charge in [-0.25, -0.2) is 0 Å². The Morgan fingerprint density at radius 2 is 2.20 bits per heavy atom. The number of hydrogen-bond donors (Lipinski definition) is 0. The quantitative estimate of drug-likeness (QED) is 0.689. The number of fused-ring (bicyclic) bond motifs is 1. The van der Waals surface area contributed by atoms with E-state index in [0.717, 1.165) is 27.5 Å². The van der Waals surface area contributed by atoms with Crippen molar-refractivity contribution in [2.45, 2.75) is 13.5 Å². The zero-order valence-electron chi connectivity index (χ0n) is 8.46. The maximum Gasteiger partial charge on any atom is 0.297 e. The SMILES string of the molecule is CC[n+]1sc2cc(OC)ccc2c1Cl.[Cl-]. The van der Waals surface area contributed by atoms with Crippen LogP contribution in [0.2, 0.25) is 5.15 Å². The second-order valence-corrected chi connectivity index (χ2v) is 4.36. The molecule has 0 aliphatic rings. The molecule has 1 aromatic carbocycles. The number of hydrogen-bond acceptors (Lipinski definition) is 2. The third-order valence-corrected chi connectivity index (χ3v) is 3.83. The molecule has 0 aliphatic heterocycles. The highest BCUT2D eigenvalue weighted by molar-refractivity contribution is 7.10. The first-order valence-electron chi connectivity index (χ1n) is 4.42. The van der Waals surface area contributed by atoms with Crippen LogP contribution in [0.3, 0.4) is 0 Å². The van der Waals surface area contributed by atoms with E-state index in [4.69, 9.17) is 16.3 Å². The molecule has 82 valence electrons. The van der Waals surface area contributed by atoms with Gasteiger partial charge in [0.1, 0.15) is 22.0 Å². The second-order valence-electron chi connectivity index (χ2n) is 2.94. The number of nitrogens with zero attached hydrogens (tertiary/aromatic N) is 1. The summed E-state index contributed by atoms with van der Waals surface area (Å²) in [5.41, 5.74) is 0.